The number of halogens is 3. The van der Waals surface area contributed by atoms with E-state index in [1.165, 1.54) is 18.2 Å². The first-order valence-corrected chi connectivity index (χ1v) is 9.16. The van der Waals surface area contributed by atoms with E-state index in [2.05, 4.69) is 25.3 Å². The van der Waals surface area contributed by atoms with E-state index in [4.69, 9.17) is 14.6 Å². The van der Waals surface area contributed by atoms with Crippen molar-refractivity contribution >= 4 is 17.5 Å². The lowest BCUT2D eigenvalue weighted by Crippen LogP contribution is -2.17. The lowest BCUT2D eigenvalue weighted by atomic mass is 10.1. The zero-order valence-electron chi connectivity index (χ0n) is 15.9. The summed E-state index contributed by atoms with van der Waals surface area (Å²) < 4.78 is 52.3. The minimum absolute atomic E-state index is 0.141. The molecule has 162 valence electrons. The van der Waals surface area contributed by atoms with Crippen LogP contribution in [0.3, 0.4) is 0 Å². The first kappa shape index (κ1) is 20.5. The molecule has 4 rings (SSSR count). The lowest BCUT2D eigenvalue weighted by molar-refractivity contribution is -0.274. The first-order valence-electron chi connectivity index (χ1n) is 9.16. The van der Waals surface area contributed by atoms with Crippen LogP contribution in [0.1, 0.15) is 0 Å². The molecule has 0 atom stereocenters. The normalized spacial score (nSPS) is 12.5. The van der Waals surface area contributed by atoms with Gasteiger partial charge in [0.2, 0.25) is 12.7 Å². The second-order valence-corrected chi connectivity index (χ2v) is 6.38. The largest absolute Gasteiger partial charge is 0.573 e. The van der Waals surface area contributed by atoms with Crippen molar-refractivity contribution in [2.24, 2.45) is 0 Å². The van der Waals surface area contributed by atoms with E-state index in [0.29, 0.717) is 34.3 Å². The van der Waals surface area contributed by atoms with Crippen LogP contribution >= 0.6 is 0 Å². The summed E-state index contributed by atoms with van der Waals surface area (Å²) in [5.41, 5.74) is 1.41. The van der Waals surface area contributed by atoms with Gasteiger partial charge in [-0.25, -0.2) is 4.98 Å². The zero-order chi connectivity index (χ0) is 21.8. The minimum atomic E-state index is -4.80. The summed E-state index contributed by atoms with van der Waals surface area (Å²) in [5, 5.41) is 15.0. The minimum Gasteiger partial charge on any atom is -0.454 e. The van der Waals surface area contributed by atoms with Crippen LogP contribution in [0, 0.1) is 0 Å². The third-order valence-electron chi connectivity index (χ3n) is 4.13. The Balaban J connectivity index is 1.65. The highest BCUT2D eigenvalue weighted by molar-refractivity contribution is 5.69. The lowest BCUT2D eigenvalue weighted by Gasteiger charge is -2.13. The summed E-state index contributed by atoms with van der Waals surface area (Å²) in [6.45, 7) is 0.194. The van der Waals surface area contributed by atoms with Gasteiger partial charge in [-0.05, 0) is 24.3 Å². The number of rotatable bonds is 7. The zero-order valence-corrected chi connectivity index (χ0v) is 15.9. The van der Waals surface area contributed by atoms with Crippen molar-refractivity contribution in [1.82, 2.24) is 9.97 Å². The molecule has 11 heteroatoms. The van der Waals surface area contributed by atoms with Crippen molar-refractivity contribution in [3.05, 3.63) is 48.5 Å². The molecule has 0 saturated heterocycles. The summed E-state index contributed by atoms with van der Waals surface area (Å²) in [6.07, 6.45) is -4.80. The Morgan fingerprint density at radius 3 is 2.68 bits per heavy atom. The molecule has 3 aromatic rings. The van der Waals surface area contributed by atoms with Gasteiger partial charge < -0.3 is 30.0 Å². The standard InChI is InChI=1S/C20H17F3N4O4/c21-20(22,23)31-14-3-1-2-12(8-14)15-10-18(27-19(26-15)24-6-7-28)25-13-4-5-16-17(9-13)30-11-29-16/h1-5,8-10,28H,6-7,11H2,(H2,24,25,26,27). The quantitative estimate of drug-likeness (QED) is 0.515. The van der Waals surface area contributed by atoms with Crippen LogP contribution in [0.15, 0.2) is 48.5 Å². The monoisotopic (exact) mass is 434 g/mol. The van der Waals surface area contributed by atoms with Crippen LogP contribution in [0.25, 0.3) is 11.3 Å². The predicted octanol–water partition coefficient (Wildman–Crippen LogP) is 3.92. The van der Waals surface area contributed by atoms with Crippen LogP contribution in [0.4, 0.5) is 30.6 Å². The number of nitrogens with one attached hydrogen (secondary N) is 2. The SMILES string of the molecule is OCCNc1nc(Nc2ccc3c(c2)OCO3)cc(-c2cccc(OC(F)(F)F)c2)n1. The Kier molecular flexibility index (Phi) is 5.67. The summed E-state index contributed by atoms with van der Waals surface area (Å²) in [4.78, 5) is 8.66. The number of aliphatic hydroxyl groups excluding tert-OH is 1. The summed E-state index contributed by atoms with van der Waals surface area (Å²) in [5.74, 6) is 1.41. The third kappa shape index (κ3) is 5.25. The number of alkyl halides is 3. The van der Waals surface area contributed by atoms with Gasteiger partial charge >= 0.3 is 6.36 Å². The molecule has 1 aromatic heterocycles. The van der Waals surface area contributed by atoms with E-state index < -0.39 is 6.36 Å². The molecule has 0 aliphatic carbocycles. The van der Waals surface area contributed by atoms with E-state index in [0.717, 1.165) is 0 Å². The Labute approximate surface area is 174 Å². The van der Waals surface area contributed by atoms with Crippen molar-refractivity contribution in [2.75, 3.05) is 30.6 Å². The molecular formula is C20H17F3N4O4. The molecule has 0 spiro atoms. The van der Waals surface area contributed by atoms with Crippen molar-refractivity contribution in [3.63, 3.8) is 0 Å². The van der Waals surface area contributed by atoms with E-state index in [1.54, 1.807) is 30.3 Å². The van der Waals surface area contributed by atoms with Gasteiger partial charge in [0.15, 0.2) is 11.5 Å². The fraction of sp³-hybridized carbons (Fsp3) is 0.200. The van der Waals surface area contributed by atoms with Gasteiger partial charge in [0.25, 0.3) is 0 Å². The predicted molar refractivity (Wildman–Crippen MR) is 106 cm³/mol. The van der Waals surface area contributed by atoms with Crippen molar-refractivity contribution in [3.8, 4) is 28.5 Å². The van der Waals surface area contributed by atoms with Crippen LogP contribution in [0.2, 0.25) is 0 Å². The molecule has 1 aliphatic rings. The number of nitrogens with zero attached hydrogens (tertiary/aromatic N) is 2. The van der Waals surface area contributed by atoms with E-state index in [-0.39, 0.29) is 31.6 Å². The molecule has 2 heterocycles. The Morgan fingerprint density at radius 1 is 1.03 bits per heavy atom. The number of aliphatic hydroxyl groups is 1. The molecule has 0 radical (unpaired) electrons. The van der Waals surface area contributed by atoms with Crippen molar-refractivity contribution in [2.45, 2.75) is 6.36 Å². The van der Waals surface area contributed by atoms with Gasteiger partial charge in [0.1, 0.15) is 11.6 Å². The average Bonchev–Trinajstić information content (AvgIpc) is 3.19. The maximum absolute atomic E-state index is 12.6. The second-order valence-electron chi connectivity index (χ2n) is 6.38. The molecule has 1 aliphatic heterocycles. The average molecular weight is 434 g/mol. The number of hydrogen-bond donors (Lipinski definition) is 3. The highest BCUT2D eigenvalue weighted by Gasteiger charge is 2.31. The van der Waals surface area contributed by atoms with E-state index >= 15 is 0 Å². The van der Waals surface area contributed by atoms with E-state index in [9.17, 15) is 13.2 Å². The maximum Gasteiger partial charge on any atom is 0.573 e. The second kappa shape index (κ2) is 8.56. The Hall–Kier alpha value is -3.73. The highest BCUT2D eigenvalue weighted by Crippen LogP contribution is 2.35. The summed E-state index contributed by atoms with van der Waals surface area (Å²) in [6, 6.07) is 12.3. The fourth-order valence-electron chi connectivity index (χ4n) is 2.88. The van der Waals surface area contributed by atoms with Gasteiger partial charge in [-0.15, -0.1) is 13.2 Å². The first-order chi connectivity index (χ1) is 14.9. The molecule has 2 aromatic carbocycles. The van der Waals surface area contributed by atoms with E-state index in [1.807, 2.05) is 0 Å². The summed E-state index contributed by atoms with van der Waals surface area (Å²) in [7, 11) is 0. The topological polar surface area (TPSA) is 97.8 Å². The highest BCUT2D eigenvalue weighted by atomic mass is 19.4. The number of anilines is 3. The number of ether oxygens (including phenoxy) is 3. The van der Waals surface area contributed by atoms with Crippen LogP contribution < -0.4 is 24.8 Å². The fourth-order valence-corrected chi connectivity index (χ4v) is 2.88. The molecule has 0 bridgehead atoms. The maximum atomic E-state index is 12.6. The molecule has 0 amide bonds. The molecule has 3 N–H and O–H groups in total. The number of benzene rings is 2. The van der Waals surface area contributed by atoms with Gasteiger partial charge in [-0.1, -0.05) is 12.1 Å². The molecule has 8 nitrogen and oxygen atoms in total. The smallest absolute Gasteiger partial charge is 0.454 e. The van der Waals surface area contributed by atoms with Gasteiger partial charge in [-0.2, -0.15) is 4.98 Å². The van der Waals surface area contributed by atoms with Gasteiger partial charge in [-0.3, -0.25) is 0 Å². The van der Waals surface area contributed by atoms with Crippen molar-refractivity contribution in [1.29, 1.82) is 0 Å². The van der Waals surface area contributed by atoms with Gasteiger partial charge in [0, 0.05) is 29.9 Å². The molecule has 0 fully saturated rings. The molecular weight excluding hydrogens is 417 g/mol. The third-order valence-corrected chi connectivity index (χ3v) is 4.13. The Morgan fingerprint density at radius 2 is 1.87 bits per heavy atom. The molecule has 0 unspecified atom stereocenters. The molecule has 0 saturated carbocycles. The summed E-state index contributed by atoms with van der Waals surface area (Å²) >= 11 is 0. The number of fused-ring (bicyclic) bond motifs is 1. The van der Waals surface area contributed by atoms with Crippen LogP contribution in [-0.4, -0.2) is 41.4 Å². The number of aromatic nitrogens is 2. The van der Waals surface area contributed by atoms with Gasteiger partial charge in [0.05, 0.1) is 12.3 Å². The van der Waals surface area contributed by atoms with Crippen molar-refractivity contribution < 1.29 is 32.5 Å². The molecule has 31 heavy (non-hydrogen) atoms. The Bertz CT molecular complexity index is 1080. The number of hydrogen-bond acceptors (Lipinski definition) is 8. The van der Waals surface area contributed by atoms with Crippen LogP contribution in [0.5, 0.6) is 17.2 Å². The van der Waals surface area contributed by atoms with Crippen LogP contribution in [-0.2, 0) is 0 Å².